The highest BCUT2D eigenvalue weighted by molar-refractivity contribution is 9.10. The van der Waals surface area contributed by atoms with Gasteiger partial charge in [0, 0.05) is 4.47 Å². The van der Waals surface area contributed by atoms with Gasteiger partial charge in [0.05, 0.1) is 6.61 Å². The Hall–Kier alpha value is -0.750. The molecule has 0 fully saturated rings. The summed E-state index contributed by atoms with van der Waals surface area (Å²) in [5, 5.41) is 17.7. The minimum atomic E-state index is -2.74. The van der Waals surface area contributed by atoms with Crippen molar-refractivity contribution in [1.82, 2.24) is 4.98 Å². The van der Waals surface area contributed by atoms with Crippen molar-refractivity contribution in [3.8, 4) is 5.75 Å². The molecule has 72 valence electrons. The summed E-state index contributed by atoms with van der Waals surface area (Å²) in [5.74, 6) is -0.307. The van der Waals surface area contributed by atoms with Gasteiger partial charge in [-0.15, -0.1) is 0 Å². The third-order valence-electron chi connectivity index (χ3n) is 1.42. The van der Waals surface area contributed by atoms with E-state index in [9.17, 15) is 8.78 Å². The van der Waals surface area contributed by atoms with Crippen LogP contribution in [0.1, 0.15) is 17.8 Å². The summed E-state index contributed by atoms with van der Waals surface area (Å²) in [6, 6.07) is 1.08. The first kappa shape index (κ1) is 10.3. The smallest absolute Gasteiger partial charge is 0.281 e. The van der Waals surface area contributed by atoms with Crippen LogP contribution >= 0.6 is 15.9 Å². The molecule has 0 saturated carbocycles. The van der Waals surface area contributed by atoms with E-state index in [0.717, 1.165) is 6.07 Å². The molecule has 6 heteroatoms. The Balaban J connectivity index is 3.22. The number of rotatable bonds is 2. The molecule has 0 aromatic carbocycles. The molecule has 0 radical (unpaired) electrons. The quantitative estimate of drug-likeness (QED) is 0.848. The number of hydrogen-bond acceptors (Lipinski definition) is 3. The zero-order valence-corrected chi connectivity index (χ0v) is 7.92. The molecule has 0 amide bonds. The molecule has 1 aromatic heterocycles. The molecule has 0 spiro atoms. The van der Waals surface area contributed by atoms with Gasteiger partial charge >= 0.3 is 0 Å². The molecule has 3 nitrogen and oxygen atoms in total. The topological polar surface area (TPSA) is 53.4 Å². The highest BCUT2D eigenvalue weighted by Gasteiger charge is 2.16. The first-order valence-corrected chi connectivity index (χ1v) is 4.13. The third-order valence-corrected chi connectivity index (χ3v) is 2.05. The average molecular weight is 254 g/mol. The predicted molar refractivity (Wildman–Crippen MR) is 44.5 cm³/mol. The van der Waals surface area contributed by atoms with Gasteiger partial charge in [0.15, 0.2) is 0 Å². The van der Waals surface area contributed by atoms with Crippen molar-refractivity contribution >= 4 is 15.9 Å². The van der Waals surface area contributed by atoms with Crippen molar-refractivity contribution in [2.45, 2.75) is 13.0 Å². The minimum Gasteiger partial charge on any atom is -0.506 e. The lowest BCUT2D eigenvalue weighted by Crippen LogP contribution is -1.98. The van der Waals surface area contributed by atoms with Crippen LogP contribution in [0.2, 0.25) is 0 Å². The largest absolute Gasteiger partial charge is 0.506 e. The lowest BCUT2D eigenvalue weighted by Gasteiger charge is -2.06. The number of aliphatic hydroxyl groups excluding tert-OH is 1. The van der Waals surface area contributed by atoms with Gasteiger partial charge in [0.25, 0.3) is 6.43 Å². The van der Waals surface area contributed by atoms with Crippen LogP contribution in [0, 0.1) is 0 Å². The SMILES string of the molecule is OCc1nc(C(F)F)c(Br)cc1O. The standard InChI is InChI=1S/C7H6BrF2NO2/c8-3-1-5(13)4(2-12)11-6(3)7(9)10/h1,7,12-13H,2H2. The fourth-order valence-corrected chi connectivity index (χ4v) is 1.28. The number of halogens is 3. The van der Waals surface area contributed by atoms with Crippen LogP contribution in [-0.2, 0) is 6.61 Å². The fraction of sp³-hybridized carbons (Fsp3) is 0.286. The van der Waals surface area contributed by atoms with E-state index in [1.807, 2.05) is 0 Å². The van der Waals surface area contributed by atoms with Crippen LogP contribution in [0.3, 0.4) is 0 Å². The number of nitrogens with zero attached hydrogens (tertiary/aromatic N) is 1. The average Bonchev–Trinajstić information content (AvgIpc) is 2.03. The number of aromatic nitrogens is 1. The zero-order chi connectivity index (χ0) is 10.0. The van der Waals surface area contributed by atoms with E-state index in [0.29, 0.717) is 0 Å². The van der Waals surface area contributed by atoms with Gasteiger partial charge in [-0.25, -0.2) is 13.8 Å². The van der Waals surface area contributed by atoms with Crippen molar-refractivity contribution in [1.29, 1.82) is 0 Å². The first-order valence-electron chi connectivity index (χ1n) is 3.33. The number of aromatic hydroxyl groups is 1. The van der Waals surface area contributed by atoms with Gasteiger partial charge in [-0.2, -0.15) is 0 Å². The zero-order valence-electron chi connectivity index (χ0n) is 6.34. The summed E-state index contributed by atoms with van der Waals surface area (Å²) >= 11 is 2.83. The van der Waals surface area contributed by atoms with Crippen LogP contribution < -0.4 is 0 Å². The fourth-order valence-electron chi connectivity index (χ4n) is 0.803. The van der Waals surface area contributed by atoms with E-state index in [-0.39, 0.29) is 15.9 Å². The molecule has 0 saturated heterocycles. The third kappa shape index (κ3) is 2.13. The summed E-state index contributed by atoms with van der Waals surface area (Å²) in [4.78, 5) is 3.39. The molecule has 1 aromatic rings. The second kappa shape index (κ2) is 3.97. The van der Waals surface area contributed by atoms with Crippen LogP contribution in [0.15, 0.2) is 10.5 Å². The molecule has 0 unspecified atom stereocenters. The van der Waals surface area contributed by atoms with Crippen molar-refractivity contribution in [3.05, 3.63) is 21.9 Å². The van der Waals surface area contributed by atoms with Gasteiger partial charge in [-0.05, 0) is 22.0 Å². The maximum atomic E-state index is 12.2. The highest BCUT2D eigenvalue weighted by Crippen LogP contribution is 2.29. The summed E-state index contributed by atoms with van der Waals surface area (Å²) < 4.78 is 24.5. The normalized spacial score (nSPS) is 10.8. The molecule has 1 rings (SSSR count). The summed E-state index contributed by atoms with van der Waals surface area (Å²) in [6.45, 7) is -0.571. The van der Waals surface area contributed by atoms with E-state index in [1.54, 1.807) is 0 Å². The Morgan fingerprint density at radius 2 is 2.15 bits per heavy atom. The van der Waals surface area contributed by atoms with Crippen LogP contribution in [0.4, 0.5) is 8.78 Å². The Morgan fingerprint density at radius 1 is 1.54 bits per heavy atom. The molecule has 0 atom stereocenters. The van der Waals surface area contributed by atoms with E-state index in [1.165, 1.54) is 0 Å². The minimum absolute atomic E-state index is 0.0252. The first-order chi connectivity index (χ1) is 6.06. The molecule has 13 heavy (non-hydrogen) atoms. The van der Waals surface area contributed by atoms with Crippen molar-refractivity contribution in [3.63, 3.8) is 0 Å². The Kier molecular flexibility index (Phi) is 3.16. The van der Waals surface area contributed by atoms with Gasteiger partial charge in [0.1, 0.15) is 17.1 Å². The van der Waals surface area contributed by atoms with Crippen molar-refractivity contribution in [2.24, 2.45) is 0 Å². The Morgan fingerprint density at radius 3 is 2.62 bits per heavy atom. The number of alkyl halides is 2. The summed E-state index contributed by atoms with van der Waals surface area (Å²) in [6.07, 6.45) is -2.74. The lowest BCUT2D eigenvalue weighted by atomic mass is 10.3. The van der Waals surface area contributed by atoms with Gasteiger partial charge in [-0.3, -0.25) is 0 Å². The Labute approximate surface area is 81.2 Å². The maximum Gasteiger partial charge on any atom is 0.281 e. The van der Waals surface area contributed by atoms with E-state index >= 15 is 0 Å². The van der Waals surface area contributed by atoms with Crippen molar-refractivity contribution < 1.29 is 19.0 Å². The molecule has 0 aliphatic rings. The molecule has 0 aliphatic carbocycles. The van der Waals surface area contributed by atoms with Crippen LogP contribution in [0.5, 0.6) is 5.75 Å². The lowest BCUT2D eigenvalue weighted by molar-refractivity contribution is 0.144. The van der Waals surface area contributed by atoms with Crippen LogP contribution in [-0.4, -0.2) is 15.2 Å². The molecule has 0 aliphatic heterocycles. The molecular formula is C7H6BrF2NO2. The van der Waals surface area contributed by atoms with Crippen LogP contribution in [0.25, 0.3) is 0 Å². The maximum absolute atomic E-state index is 12.2. The molecule has 2 N–H and O–H groups in total. The number of hydrogen-bond donors (Lipinski definition) is 2. The van der Waals surface area contributed by atoms with Gasteiger partial charge in [0.2, 0.25) is 0 Å². The van der Waals surface area contributed by atoms with E-state index < -0.39 is 18.7 Å². The number of pyridine rings is 1. The molecule has 0 bridgehead atoms. The van der Waals surface area contributed by atoms with Gasteiger partial charge in [-0.1, -0.05) is 0 Å². The summed E-state index contributed by atoms with van der Waals surface area (Å²) in [7, 11) is 0. The van der Waals surface area contributed by atoms with Gasteiger partial charge < -0.3 is 10.2 Å². The molecular weight excluding hydrogens is 248 g/mol. The van der Waals surface area contributed by atoms with Crippen molar-refractivity contribution in [2.75, 3.05) is 0 Å². The Bertz CT molecular complexity index is 320. The highest BCUT2D eigenvalue weighted by atomic mass is 79.9. The predicted octanol–water partition coefficient (Wildman–Crippen LogP) is 1.98. The second-order valence-electron chi connectivity index (χ2n) is 2.28. The number of aliphatic hydroxyl groups is 1. The molecule has 1 heterocycles. The summed E-state index contributed by atoms with van der Waals surface area (Å²) in [5.41, 5.74) is -0.639. The second-order valence-corrected chi connectivity index (χ2v) is 3.13. The van der Waals surface area contributed by atoms with E-state index in [4.69, 9.17) is 10.2 Å². The van der Waals surface area contributed by atoms with E-state index in [2.05, 4.69) is 20.9 Å². The monoisotopic (exact) mass is 253 g/mol.